The smallest absolute Gasteiger partial charge is 0.0971 e. The van der Waals surface area contributed by atoms with Crippen LogP contribution in [0.4, 0.5) is 0 Å². The molecule has 0 aromatic heterocycles. The van der Waals surface area contributed by atoms with Crippen molar-refractivity contribution in [2.75, 3.05) is 0 Å². The highest BCUT2D eigenvalue weighted by atomic mass is 35.5. The summed E-state index contributed by atoms with van der Waals surface area (Å²) in [4.78, 5) is 0. The standard InChI is InChI=1S/C16H15ClO/c1-2-3-16(18)14-6-4-12(5-7-14)13-8-10-15(17)11-9-13/h2-11,16,18H,1H3. The number of hydrogen-bond acceptors (Lipinski definition) is 1. The van der Waals surface area contributed by atoms with Gasteiger partial charge < -0.3 is 5.11 Å². The third kappa shape index (κ3) is 3.00. The first-order chi connectivity index (χ1) is 8.70. The lowest BCUT2D eigenvalue weighted by atomic mass is 10.0. The Kier molecular flexibility index (Phi) is 4.19. The number of aliphatic hydroxyl groups is 1. The molecule has 0 saturated heterocycles. The second-order valence-electron chi connectivity index (χ2n) is 4.10. The van der Waals surface area contributed by atoms with Gasteiger partial charge in [-0.15, -0.1) is 0 Å². The average molecular weight is 259 g/mol. The van der Waals surface area contributed by atoms with Crippen LogP contribution in [0.3, 0.4) is 0 Å². The lowest BCUT2D eigenvalue weighted by molar-refractivity contribution is 0.228. The average Bonchev–Trinajstić information content (AvgIpc) is 2.40. The van der Waals surface area contributed by atoms with E-state index in [2.05, 4.69) is 0 Å². The van der Waals surface area contributed by atoms with E-state index in [9.17, 15) is 5.11 Å². The Morgan fingerprint density at radius 1 is 0.944 bits per heavy atom. The highest BCUT2D eigenvalue weighted by Crippen LogP contribution is 2.23. The molecule has 0 bridgehead atoms. The zero-order chi connectivity index (χ0) is 13.0. The van der Waals surface area contributed by atoms with Gasteiger partial charge in [0.1, 0.15) is 0 Å². The van der Waals surface area contributed by atoms with E-state index in [1.54, 1.807) is 6.08 Å². The van der Waals surface area contributed by atoms with Crippen molar-refractivity contribution in [3.63, 3.8) is 0 Å². The van der Waals surface area contributed by atoms with E-state index in [4.69, 9.17) is 11.6 Å². The van der Waals surface area contributed by atoms with Crippen molar-refractivity contribution in [1.29, 1.82) is 0 Å². The maximum Gasteiger partial charge on any atom is 0.0971 e. The summed E-state index contributed by atoms with van der Waals surface area (Å²) in [5.41, 5.74) is 3.13. The molecule has 92 valence electrons. The highest BCUT2D eigenvalue weighted by molar-refractivity contribution is 6.30. The minimum absolute atomic E-state index is 0.533. The minimum atomic E-state index is -0.533. The first kappa shape index (κ1) is 12.9. The van der Waals surface area contributed by atoms with Gasteiger partial charge in [0.25, 0.3) is 0 Å². The molecule has 0 radical (unpaired) electrons. The third-order valence-corrected chi connectivity index (χ3v) is 3.06. The maximum atomic E-state index is 9.81. The number of rotatable bonds is 3. The SMILES string of the molecule is CC=CC(O)c1ccc(-c2ccc(Cl)cc2)cc1. The van der Waals surface area contributed by atoms with Crippen LogP contribution >= 0.6 is 11.6 Å². The molecule has 0 spiro atoms. The fourth-order valence-electron chi connectivity index (χ4n) is 1.81. The summed E-state index contributed by atoms with van der Waals surface area (Å²) in [6, 6.07) is 15.6. The summed E-state index contributed by atoms with van der Waals surface area (Å²) in [6.45, 7) is 1.89. The van der Waals surface area contributed by atoms with Gasteiger partial charge in [0.2, 0.25) is 0 Å². The Morgan fingerprint density at radius 2 is 1.44 bits per heavy atom. The van der Waals surface area contributed by atoms with Crippen molar-refractivity contribution in [1.82, 2.24) is 0 Å². The van der Waals surface area contributed by atoms with E-state index in [1.165, 1.54) is 0 Å². The first-order valence-electron chi connectivity index (χ1n) is 5.87. The molecule has 2 aromatic rings. The molecule has 2 aromatic carbocycles. The number of hydrogen-bond donors (Lipinski definition) is 1. The van der Waals surface area contributed by atoms with Gasteiger partial charge in [-0.2, -0.15) is 0 Å². The van der Waals surface area contributed by atoms with Crippen molar-refractivity contribution in [2.24, 2.45) is 0 Å². The second-order valence-corrected chi connectivity index (χ2v) is 4.54. The van der Waals surface area contributed by atoms with Gasteiger partial charge in [0, 0.05) is 5.02 Å². The van der Waals surface area contributed by atoms with Crippen LogP contribution in [0, 0.1) is 0 Å². The molecule has 0 fully saturated rings. The van der Waals surface area contributed by atoms with Gasteiger partial charge in [0.05, 0.1) is 6.10 Å². The molecular weight excluding hydrogens is 244 g/mol. The summed E-state index contributed by atoms with van der Waals surface area (Å²) in [5, 5.41) is 10.5. The highest BCUT2D eigenvalue weighted by Gasteiger charge is 2.03. The molecule has 1 atom stereocenters. The van der Waals surface area contributed by atoms with Crippen LogP contribution in [0.25, 0.3) is 11.1 Å². The van der Waals surface area contributed by atoms with Crippen LogP contribution in [-0.2, 0) is 0 Å². The van der Waals surface area contributed by atoms with Gasteiger partial charge in [-0.05, 0) is 35.7 Å². The van der Waals surface area contributed by atoms with E-state index in [-0.39, 0.29) is 0 Å². The fourth-order valence-corrected chi connectivity index (χ4v) is 1.93. The van der Waals surface area contributed by atoms with E-state index in [0.717, 1.165) is 21.7 Å². The lowest BCUT2D eigenvalue weighted by Gasteiger charge is -2.07. The van der Waals surface area contributed by atoms with Crippen LogP contribution in [0.1, 0.15) is 18.6 Å². The number of benzene rings is 2. The van der Waals surface area contributed by atoms with Crippen LogP contribution in [0.5, 0.6) is 0 Å². The van der Waals surface area contributed by atoms with Crippen molar-refractivity contribution in [3.8, 4) is 11.1 Å². The molecular formula is C16H15ClO. The third-order valence-electron chi connectivity index (χ3n) is 2.80. The molecule has 2 heteroatoms. The molecule has 0 amide bonds. The molecule has 0 saturated carbocycles. The van der Waals surface area contributed by atoms with E-state index in [0.29, 0.717) is 0 Å². The first-order valence-corrected chi connectivity index (χ1v) is 6.25. The predicted molar refractivity (Wildman–Crippen MR) is 76.7 cm³/mol. The van der Waals surface area contributed by atoms with Crippen molar-refractivity contribution >= 4 is 11.6 Å². The van der Waals surface area contributed by atoms with Crippen molar-refractivity contribution in [3.05, 3.63) is 71.3 Å². The Hall–Kier alpha value is -1.57. The summed E-state index contributed by atoms with van der Waals surface area (Å²) >= 11 is 5.86. The van der Waals surface area contributed by atoms with Gasteiger partial charge in [0.15, 0.2) is 0 Å². The van der Waals surface area contributed by atoms with Crippen LogP contribution in [0.15, 0.2) is 60.7 Å². The molecule has 1 unspecified atom stereocenters. The molecule has 2 rings (SSSR count). The van der Waals surface area contributed by atoms with E-state index >= 15 is 0 Å². The predicted octanol–water partition coefficient (Wildman–Crippen LogP) is 4.62. The number of halogens is 1. The monoisotopic (exact) mass is 258 g/mol. The molecule has 0 aliphatic heterocycles. The minimum Gasteiger partial charge on any atom is -0.384 e. The summed E-state index contributed by atoms with van der Waals surface area (Å²) in [6.07, 6.45) is 3.07. The number of allylic oxidation sites excluding steroid dienone is 1. The van der Waals surface area contributed by atoms with Gasteiger partial charge in [-0.25, -0.2) is 0 Å². The second kappa shape index (κ2) is 5.85. The normalized spacial score (nSPS) is 12.8. The molecule has 0 heterocycles. The lowest BCUT2D eigenvalue weighted by Crippen LogP contribution is -1.92. The Bertz CT molecular complexity index is 526. The Morgan fingerprint density at radius 3 is 1.94 bits per heavy atom. The molecule has 1 nitrogen and oxygen atoms in total. The van der Waals surface area contributed by atoms with Crippen molar-refractivity contribution in [2.45, 2.75) is 13.0 Å². The fraction of sp³-hybridized carbons (Fsp3) is 0.125. The summed E-state index contributed by atoms with van der Waals surface area (Å²) < 4.78 is 0. The molecule has 18 heavy (non-hydrogen) atoms. The zero-order valence-electron chi connectivity index (χ0n) is 10.2. The topological polar surface area (TPSA) is 20.2 Å². The molecule has 1 N–H and O–H groups in total. The van der Waals surface area contributed by atoms with Gasteiger partial charge in [-0.1, -0.05) is 60.2 Å². The van der Waals surface area contributed by atoms with E-state index in [1.807, 2.05) is 61.5 Å². The molecule has 0 aliphatic rings. The quantitative estimate of drug-likeness (QED) is 0.797. The molecule has 0 aliphatic carbocycles. The van der Waals surface area contributed by atoms with Crippen molar-refractivity contribution < 1.29 is 5.11 Å². The largest absolute Gasteiger partial charge is 0.384 e. The van der Waals surface area contributed by atoms with Gasteiger partial charge >= 0.3 is 0 Å². The van der Waals surface area contributed by atoms with Crippen LogP contribution < -0.4 is 0 Å². The number of aliphatic hydroxyl groups excluding tert-OH is 1. The Labute approximate surface area is 112 Å². The summed E-state index contributed by atoms with van der Waals surface area (Å²) in [7, 11) is 0. The van der Waals surface area contributed by atoms with Gasteiger partial charge in [-0.3, -0.25) is 0 Å². The summed E-state index contributed by atoms with van der Waals surface area (Å²) in [5.74, 6) is 0. The zero-order valence-corrected chi connectivity index (χ0v) is 10.9. The van der Waals surface area contributed by atoms with E-state index < -0.39 is 6.10 Å². The van der Waals surface area contributed by atoms with Crippen LogP contribution in [-0.4, -0.2) is 5.11 Å². The Balaban J connectivity index is 2.24. The van der Waals surface area contributed by atoms with Crippen LogP contribution in [0.2, 0.25) is 5.02 Å². The maximum absolute atomic E-state index is 9.81.